The lowest BCUT2D eigenvalue weighted by Crippen LogP contribution is -2.30. The van der Waals surface area contributed by atoms with E-state index in [1.54, 1.807) is 20.8 Å². The van der Waals surface area contributed by atoms with Gasteiger partial charge in [0.05, 0.1) is 18.8 Å². The number of ketones is 2. The summed E-state index contributed by atoms with van der Waals surface area (Å²) < 4.78 is 11.9. The van der Waals surface area contributed by atoms with Crippen molar-refractivity contribution in [3.8, 4) is 11.5 Å². The van der Waals surface area contributed by atoms with E-state index < -0.39 is 5.60 Å². The lowest BCUT2D eigenvalue weighted by Gasteiger charge is -2.36. The third kappa shape index (κ3) is 7.64. The molecule has 2 aromatic carbocycles. The Labute approximate surface area is 254 Å². The van der Waals surface area contributed by atoms with Crippen LogP contribution in [0.3, 0.4) is 0 Å². The van der Waals surface area contributed by atoms with Crippen LogP contribution in [0.5, 0.6) is 11.5 Å². The zero-order valence-corrected chi connectivity index (χ0v) is 28.4. The Morgan fingerprint density at radius 1 is 0.714 bits per heavy atom. The van der Waals surface area contributed by atoms with Gasteiger partial charge in [-0.05, 0) is 79.5 Å². The van der Waals surface area contributed by atoms with Gasteiger partial charge in [-0.25, -0.2) is 0 Å². The number of carbonyl (C=O) groups excluding carboxylic acids is 2. The van der Waals surface area contributed by atoms with E-state index in [1.807, 2.05) is 24.3 Å². The number of rotatable bonds is 4. The quantitative estimate of drug-likeness (QED) is 0.368. The molecule has 5 nitrogen and oxygen atoms in total. The van der Waals surface area contributed by atoms with Crippen LogP contribution in [0.4, 0.5) is 0 Å². The van der Waals surface area contributed by atoms with E-state index in [9.17, 15) is 14.7 Å². The molecular formula is C37H54O5. The van der Waals surface area contributed by atoms with Gasteiger partial charge in [0.1, 0.15) is 11.5 Å². The molecule has 0 bridgehead atoms. The van der Waals surface area contributed by atoms with Crippen LogP contribution in [-0.2, 0) is 21.7 Å². The Morgan fingerprint density at radius 2 is 1.10 bits per heavy atom. The van der Waals surface area contributed by atoms with Crippen LogP contribution < -0.4 is 9.47 Å². The number of ether oxygens (including phenoxy) is 2. The highest BCUT2D eigenvalue weighted by atomic mass is 16.5. The van der Waals surface area contributed by atoms with Crippen molar-refractivity contribution in [2.75, 3.05) is 13.2 Å². The molecule has 0 saturated heterocycles. The highest BCUT2D eigenvalue weighted by molar-refractivity contribution is 5.97. The Balaban J connectivity index is 0.000000235. The van der Waals surface area contributed by atoms with Crippen molar-refractivity contribution in [3.63, 3.8) is 0 Å². The van der Waals surface area contributed by atoms with E-state index in [4.69, 9.17) is 9.47 Å². The van der Waals surface area contributed by atoms with Gasteiger partial charge in [0.15, 0.2) is 11.6 Å². The number of carbonyl (C=O) groups is 2. The smallest absolute Gasteiger partial charge is 0.165 e. The molecule has 0 aromatic heterocycles. The molecule has 0 spiro atoms. The van der Waals surface area contributed by atoms with Gasteiger partial charge in [-0.15, -0.1) is 0 Å². The molecule has 5 heteroatoms. The molecule has 232 valence electrons. The minimum atomic E-state index is -0.999. The second kappa shape index (κ2) is 11.4. The molecule has 1 N–H and O–H groups in total. The summed E-state index contributed by atoms with van der Waals surface area (Å²) in [7, 11) is 0. The third-order valence-electron chi connectivity index (χ3n) is 8.52. The lowest BCUT2D eigenvalue weighted by molar-refractivity contribution is 0.0587. The Bertz CT molecular complexity index is 1310. The van der Waals surface area contributed by atoms with Crippen molar-refractivity contribution >= 4 is 11.6 Å². The molecule has 4 rings (SSSR count). The van der Waals surface area contributed by atoms with Crippen LogP contribution in [0, 0.1) is 0 Å². The first-order valence-electron chi connectivity index (χ1n) is 15.3. The topological polar surface area (TPSA) is 72.8 Å². The zero-order valence-electron chi connectivity index (χ0n) is 28.4. The Kier molecular flexibility index (Phi) is 9.22. The maximum Gasteiger partial charge on any atom is 0.165 e. The third-order valence-corrected chi connectivity index (χ3v) is 8.52. The molecule has 2 aliphatic heterocycles. The fraction of sp³-hybridized carbons (Fsp3) is 0.622. The van der Waals surface area contributed by atoms with Crippen LogP contribution >= 0.6 is 0 Å². The van der Waals surface area contributed by atoms with E-state index in [0.29, 0.717) is 12.2 Å². The van der Waals surface area contributed by atoms with Crippen molar-refractivity contribution in [2.45, 2.75) is 137 Å². The largest absolute Gasteiger partial charge is 0.493 e. The highest BCUT2D eigenvalue weighted by Crippen LogP contribution is 2.46. The van der Waals surface area contributed by atoms with E-state index in [-0.39, 0.29) is 39.6 Å². The predicted molar refractivity (Wildman–Crippen MR) is 172 cm³/mol. The molecule has 2 aliphatic rings. The number of aliphatic hydroxyl groups is 1. The summed E-state index contributed by atoms with van der Waals surface area (Å²) >= 11 is 0. The van der Waals surface area contributed by atoms with Gasteiger partial charge in [0.25, 0.3) is 0 Å². The molecule has 0 radical (unpaired) electrons. The van der Waals surface area contributed by atoms with Gasteiger partial charge < -0.3 is 14.6 Å². The second-order valence-electron chi connectivity index (χ2n) is 16.2. The fourth-order valence-electron chi connectivity index (χ4n) is 5.63. The summed E-state index contributed by atoms with van der Waals surface area (Å²) in [6.07, 6.45) is 2.05. The van der Waals surface area contributed by atoms with Crippen molar-refractivity contribution in [1.29, 1.82) is 0 Å². The molecule has 2 aromatic rings. The van der Waals surface area contributed by atoms with Crippen molar-refractivity contribution in [3.05, 3.63) is 57.6 Å². The Hall–Kier alpha value is -2.66. The average molecular weight is 579 g/mol. The summed E-state index contributed by atoms with van der Waals surface area (Å²) in [4.78, 5) is 24.4. The summed E-state index contributed by atoms with van der Waals surface area (Å²) in [5.74, 6) is 2.03. The van der Waals surface area contributed by atoms with E-state index in [0.717, 1.165) is 53.2 Å². The molecule has 0 fully saturated rings. The lowest BCUT2D eigenvalue weighted by atomic mass is 9.74. The van der Waals surface area contributed by atoms with Gasteiger partial charge in [-0.2, -0.15) is 0 Å². The summed E-state index contributed by atoms with van der Waals surface area (Å²) in [6, 6.07) is 7.95. The van der Waals surface area contributed by atoms with Gasteiger partial charge in [0, 0.05) is 39.8 Å². The number of fused-ring (bicyclic) bond motifs is 2. The van der Waals surface area contributed by atoms with Gasteiger partial charge in [-0.3, -0.25) is 9.59 Å². The van der Waals surface area contributed by atoms with Crippen LogP contribution in [0.15, 0.2) is 24.3 Å². The molecule has 0 saturated carbocycles. The average Bonchev–Trinajstić information content (AvgIpc) is 2.81. The van der Waals surface area contributed by atoms with E-state index in [1.165, 1.54) is 5.56 Å². The van der Waals surface area contributed by atoms with Gasteiger partial charge in [0.2, 0.25) is 0 Å². The van der Waals surface area contributed by atoms with Gasteiger partial charge in [-0.1, -0.05) is 69.2 Å². The minimum absolute atomic E-state index is 0.0153. The monoisotopic (exact) mass is 578 g/mol. The second-order valence-corrected chi connectivity index (χ2v) is 16.2. The molecule has 2 heterocycles. The highest BCUT2D eigenvalue weighted by Gasteiger charge is 2.36. The predicted octanol–water partition coefficient (Wildman–Crippen LogP) is 8.63. The zero-order chi connectivity index (χ0) is 32.1. The molecule has 0 aliphatic carbocycles. The van der Waals surface area contributed by atoms with Crippen LogP contribution in [0.2, 0.25) is 0 Å². The maximum absolute atomic E-state index is 12.6. The summed E-state index contributed by atoms with van der Waals surface area (Å²) in [5.41, 5.74) is 4.89. The fourth-order valence-corrected chi connectivity index (χ4v) is 5.63. The molecule has 0 amide bonds. The number of benzene rings is 2. The van der Waals surface area contributed by atoms with Gasteiger partial charge >= 0.3 is 0 Å². The van der Waals surface area contributed by atoms with Crippen LogP contribution in [0.25, 0.3) is 0 Å². The number of hydrogen-bond acceptors (Lipinski definition) is 5. The minimum Gasteiger partial charge on any atom is -0.493 e. The first-order chi connectivity index (χ1) is 18.9. The first-order valence-corrected chi connectivity index (χ1v) is 15.3. The van der Waals surface area contributed by atoms with Crippen LogP contribution in [-0.4, -0.2) is 35.5 Å². The number of hydrogen-bond donors (Lipinski definition) is 1. The van der Waals surface area contributed by atoms with Crippen molar-refractivity contribution in [2.24, 2.45) is 0 Å². The molecular weight excluding hydrogens is 524 g/mol. The maximum atomic E-state index is 12.6. The number of Topliss-reactive ketones (excluding diaryl/α,β-unsaturated/α-hetero) is 2. The normalized spacial score (nSPS) is 17.5. The van der Waals surface area contributed by atoms with Crippen LogP contribution in [0.1, 0.15) is 152 Å². The summed E-state index contributed by atoms with van der Waals surface area (Å²) in [5, 5.41) is 9.97. The Morgan fingerprint density at radius 3 is 1.45 bits per heavy atom. The first kappa shape index (κ1) is 33.8. The van der Waals surface area contributed by atoms with E-state index >= 15 is 0 Å². The SMILES string of the molecule is CC(=O)c1cc(C(C)(C)C)c2c(c1)C(C)(C)CCO2.CC(C)(O)CC(=O)c1cc(C(C)(C)C)c2c(c1)C(C)(C)CCO2. The molecule has 0 atom stereocenters. The van der Waals surface area contributed by atoms with Crippen molar-refractivity contribution in [1.82, 2.24) is 0 Å². The molecule has 42 heavy (non-hydrogen) atoms. The van der Waals surface area contributed by atoms with E-state index in [2.05, 4.69) is 69.2 Å². The summed E-state index contributed by atoms with van der Waals surface area (Å²) in [6.45, 7) is 28.2. The van der Waals surface area contributed by atoms with Crippen molar-refractivity contribution < 1.29 is 24.2 Å². The molecule has 0 unspecified atom stereocenters. The standard InChI is InChI=1S/C20H30O3.C17H24O2/c1-18(2,3)14-10-13(16(21)12-20(6,7)22)11-15-17(14)23-9-8-19(15,4)5;1-11(18)12-9-13(16(2,3)4)15-14(10-12)17(5,6)7-8-19-15/h10-11,22H,8-9,12H2,1-7H3;9-10H,7-8H2,1-6H3.